The summed E-state index contributed by atoms with van der Waals surface area (Å²) in [6.07, 6.45) is 2.51. The summed E-state index contributed by atoms with van der Waals surface area (Å²) in [5.74, 6) is -0.356. The first kappa shape index (κ1) is 26.0. The Kier molecular flexibility index (Phi) is 7.55. The number of ketones is 1. The zero-order valence-corrected chi connectivity index (χ0v) is 23.2. The van der Waals surface area contributed by atoms with Crippen molar-refractivity contribution in [1.29, 1.82) is 5.26 Å². The lowest BCUT2D eigenvalue weighted by Crippen LogP contribution is -2.38. The maximum absolute atomic E-state index is 13.2. The highest BCUT2D eigenvalue weighted by atomic mass is 32.2. The molecule has 1 atom stereocenters. The lowest BCUT2D eigenvalue weighted by Gasteiger charge is -2.38. The van der Waals surface area contributed by atoms with Gasteiger partial charge in [-0.3, -0.25) is 19.8 Å². The molecule has 194 valence electrons. The molecule has 0 radical (unpaired) electrons. The number of aryl methyl sites for hydroxylation is 2. The van der Waals surface area contributed by atoms with Crippen LogP contribution in [-0.2, 0) is 16.0 Å². The summed E-state index contributed by atoms with van der Waals surface area (Å²) in [5.41, 5.74) is 10.2. The molecule has 3 aromatic rings. The van der Waals surface area contributed by atoms with Gasteiger partial charge in [0.15, 0.2) is 10.1 Å². The van der Waals surface area contributed by atoms with E-state index in [0.29, 0.717) is 45.0 Å². The molecule has 10 nitrogen and oxygen atoms in total. The van der Waals surface area contributed by atoms with E-state index < -0.39 is 5.92 Å². The van der Waals surface area contributed by atoms with E-state index in [-0.39, 0.29) is 23.3 Å². The maximum atomic E-state index is 13.2. The van der Waals surface area contributed by atoms with E-state index in [0.717, 1.165) is 28.3 Å². The minimum Gasteiger partial charge on any atom is -0.384 e. The highest BCUT2D eigenvalue weighted by molar-refractivity contribution is 8.01. The number of carbonyl (C=O) groups is 2. The van der Waals surface area contributed by atoms with Gasteiger partial charge < -0.3 is 5.73 Å². The van der Waals surface area contributed by atoms with Gasteiger partial charge in [0.1, 0.15) is 10.8 Å². The van der Waals surface area contributed by atoms with E-state index in [1.165, 1.54) is 34.4 Å². The largest absolute Gasteiger partial charge is 0.384 e. The van der Waals surface area contributed by atoms with Crippen molar-refractivity contribution in [3.05, 3.63) is 63.1 Å². The number of hydrogen-bond donors (Lipinski definition) is 2. The number of hydrogen-bond acceptors (Lipinski definition) is 12. The summed E-state index contributed by atoms with van der Waals surface area (Å²) in [5, 5.41) is 31.2. The molecular formula is C25H24N8O2S3. The average molecular weight is 565 g/mol. The first-order valence-electron chi connectivity index (χ1n) is 12.0. The monoisotopic (exact) mass is 564 g/mol. The van der Waals surface area contributed by atoms with Crippen molar-refractivity contribution in [1.82, 2.24) is 20.4 Å². The zero-order chi connectivity index (χ0) is 26.8. The van der Waals surface area contributed by atoms with Gasteiger partial charge in [-0.05, 0) is 31.7 Å². The van der Waals surface area contributed by atoms with Gasteiger partial charge in [0.25, 0.3) is 0 Å². The molecule has 2 aromatic heterocycles. The van der Waals surface area contributed by atoms with Crippen molar-refractivity contribution in [2.45, 2.75) is 49.8 Å². The number of benzene rings is 1. The first-order valence-corrected chi connectivity index (χ1v) is 14.6. The van der Waals surface area contributed by atoms with E-state index in [1.54, 1.807) is 4.90 Å². The van der Waals surface area contributed by atoms with Gasteiger partial charge in [-0.15, -0.1) is 20.4 Å². The number of rotatable bonds is 7. The van der Waals surface area contributed by atoms with Crippen molar-refractivity contribution < 1.29 is 9.59 Å². The molecule has 3 heterocycles. The van der Waals surface area contributed by atoms with Crippen LogP contribution in [0.3, 0.4) is 0 Å². The minimum absolute atomic E-state index is 0.0155. The van der Waals surface area contributed by atoms with Gasteiger partial charge in [0, 0.05) is 17.7 Å². The Morgan fingerprint density at radius 3 is 2.84 bits per heavy atom. The summed E-state index contributed by atoms with van der Waals surface area (Å²) in [4.78, 5) is 27.3. The Labute approximate surface area is 231 Å². The standard InChI is InChI=1S/C25H24N8O2S3/c1-3-19-29-30-23(37-19)28-18(35)12-36-25-32-31-24(38-25)33-16-8-5-9-17(34)21(16)20(15(11-26)22(33)27)14-7-4-6-13(2)10-14/h4,6-7,10,20H,3,5,8-9,12,27H2,1-2H3,(H,28,30,35). The molecule has 38 heavy (non-hydrogen) atoms. The second-order valence-electron chi connectivity index (χ2n) is 8.77. The van der Waals surface area contributed by atoms with Gasteiger partial charge in [0.2, 0.25) is 16.2 Å². The van der Waals surface area contributed by atoms with Crippen LogP contribution in [0.2, 0.25) is 0 Å². The van der Waals surface area contributed by atoms with Crippen molar-refractivity contribution in [3.63, 3.8) is 0 Å². The predicted octanol–water partition coefficient (Wildman–Crippen LogP) is 4.30. The number of nitriles is 1. The van der Waals surface area contributed by atoms with Crippen molar-refractivity contribution in [2.75, 3.05) is 16.0 Å². The van der Waals surface area contributed by atoms with E-state index in [2.05, 4.69) is 31.8 Å². The van der Waals surface area contributed by atoms with Crippen molar-refractivity contribution >= 4 is 56.4 Å². The highest BCUT2D eigenvalue weighted by Crippen LogP contribution is 2.47. The Bertz CT molecular complexity index is 1520. The summed E-state index contributed by atoms with van der Waals surface area (Å²) in [6, 6.07) is 10.1. The number of nitrogens with zero attached hydrogens (tertiary/aromatic N) is 6. The van der Waals surface area contributed by atoms with Crippen molar-refractivity contribution in [2.24, 2.45) is 5.73 Å². The van der Waals surface area contributed by atoms with Crippen LogP contribution < -0.4 is 16.0 Å². The molecule has 0 saturated heterocycles. The number of amides is 1. The number of aromatic nitrogens is 4. The SMILES string of the molecule is CCc1nnc(NC(=O)CSc2nnc(N3C(N)=C(C#N)C(c4cccc(C)c4)C4=C3CCCC4=O)s2)s1. The Morgan fingerprint density at radius 1 is 1.26 bits per heavy atom. The van der Waals surface area contributed by atoms with Gasteiger partial charge >= 0.3 is 0 Å². The van der Waals surface area contributed by atoms with Crippen LogP contribution in [0.25, 0.3) is 0 Å². The normalized spacial score (nSPS) is 17.4. The van der Waals surface area contributed by atoms with E-state index in [4.69, 9.17) is 5.73 Å². The molecule has 5 rings (SSSR count). The average Bonchev–Trinajstić information content (AvgIpc) is 3.56. The highest BCUT2D eigenvalue weighted by Gasteiger charge is 2.41. The number of carbonyl (C=O) groups excluding carboxylic acids is 2. The third-order valence-electron chi connectivity index (χ3n) is 6.22. The summed E-state index contributed by atoms with van der Waals surface area (Å²) in [7, 11) is 0. The molecule has 1 aromatic carbocycles. The predicted molar refractivity (Wildman–Crippen MR) is 148 cm³/mol. The molecule has 1 unspecified atom stereocenters. The van der Waals surface area contributed by atoms with Gasteiger partial charge in [-0.1, -0.05) is 71.2 Å². The van der Waals surface area contributed by atoms with Gasteiger partial charge in [0.05, 0.1) is 23.3 Å². The van der Waals surface area contributed by atoms with Gasteiger partial charge in [-0.25, -0.2) is 0 Å². The van der Waals surface area contributed by atoms with E-state index in [1.807, 2.05) is 38.1 Å². The van der Waals surface area contributed by atoms with Gasteiger partial charge in [-0.2, -0.15) is 5.26 Å². The molecule has 1 aliphatic carbocycles. The number of allylic oxidation sites excluding steroid dienone is 3. The molecule has 1 aliphatic heterocycles. The number of anilines is 2. The molecule has 0 spiro atoms. The van der Waals surface area contributed by atoms with Crippen LogP contribution in [0.1, 0.15) is 48.2 Å². The summed E-state index contributed by atoms with van der Waals surface area (Å²) in [6.45, 7) is 3.95. The second kappa shape index (κ2) is 11.0. The fourth-order valence-corrected chi connectivity index (χ4v) is 6.95. The fourth-order valence-electron chi connectivity index (χ4n) is 4.57. The van der Waals surface area contributed by atoms with Crippen LogP contribution in [0, 0.1) is 18.3 Å². The molecular weight excluding hydrogens is 541 g/mol. The topological polar surface area (TPSA) is 151 Å². The van der Waals surface area contributed by atoms with E-state index in [9.17, 15) is 14.9 Å². The quantitative estimate of drug-likeness (QED) is 0.398. The van der Waals surface area contributed by atoms with Crippen LogP contribution in [0.5, 0.6) is 0 Å². The van der Waals surface area contributed by atoms with Crippen LogP contribution >= 0.6 is 34.4 Å². The lowest BCUT2D eigenvalue weighted by molar-refractivity contribution is -0.116. The zero-order valence-electron chi connectivity index (χ0n) is 20.7. The molecule has 13 heteroatoms. The summed E-state index contributed by atoms with van der Waals surface area (Å²) >= 11 is 3.84. The number of Topliss-reactive ketones (excluding diaryl/α,β-unsaturated/α-hetero) is 1. The third kappa shape index (κ3) is 5.07. The molecule has 3 N–H and O–H groups in total. The second-order valence-corrected chi connectivity index (χ2v) is 12.0. The maximum Gasteiger partial charge on any atom is 0.236 e. The summed E-state index contributed by atoms with van der Waals surface area (Å²) < 4.78 is 0.568. The molecule has 0 fully saturated rings. The van der Waals surface area contributed by atoms with Crippen LogP contribution in [-0.4, -0.2) is 37.8 Å². The lowest BCUT2D eigenvalue weighted by atomic mass is 9.75. The molecule has 2 aliphatic rings. The minimum atomic E-state index is -0.516. The smallest absolute Gasteiger partial charge is 0.236 e. The van der Waals surface area contributed by atoms with Crippen LogP contribution in [0.4, 0.5) is 10.3 Å². The fraction of sp³-hybridized carbons (Fsp3) is 0.320. The van der Waals surface area contributed by atoms with Crippen molar-refractivity contribution in [3.8, 4) is 6.07 Å². The molecule has 0 saturated carbocycles. The number of thioether (sulfide) groups is 1. The number of nitrogens with two attached hydrogens (primary N) is 1. The van der Waals surface area contributed by atoms with E-state index >= 15 is 0 Å². The number of nitrogens with one attached hydrogen (secondary N) is 1. The first-order chi connectivity index (χ1) is 18.4. The Hall–Kier alpha value is -3.60. The Balaban J connectivity index is 1.41. The Morgan fingerprint density at radius 2 is 2.11 bits per heavy atom. The third-order valence-corrected chi connectivity index (χ3v) is 9.24. The van der Waals surface area contributed by atoms with Crippen LogP contribution in [0.15, 0.2) is 51.3 Å². The molecule has 0 bridgehead atoms. The molecule has 1 amide bonds.